The summed E-state index contributed by atoms with van der Waals surface area (Å²) in [6, 6.07) is 7.79. The van der Waals surface area contributed by atoms with Gasteiger partial charge in [0.15, 0.2) is 0 Å². The average molecular weight is 414 g/mol. The SMILES string of the molecule is Cc1[nH]c2c(F)ccc(C)c2c1C(C(N)=O)c1c(C(=O)O)[nH]c2ccc(Cl)cc12. The molecule has 0 aliphatic carbocycles. The molecular weight excluding hydrogens is 397 g/mol. The zero-order valence-corrected chi connectivity index (χ0v) is 16.3. The topological polar surface area (TPSA) is 112 Å². The maximum atomic E-state index is 14.4. The molecule has 0 aliphatic rings. The van der Waals surface area contributed by atoms with E-state index in [1.807, 2.05) is 0 Å². The number of hydrogen-bond donors (Lipinski definition) is 4. The van der Waals surface area contributed by atoms with Crippen molar-refractivity contribution >= 4 is 45.3 Å². The lowest BCUT2D eigenvalue weighted by atomic mass is 9.85. The molecule has 148 valence electrons. The van der Waals surface area contributed by atoms with E-state index in [4.69, 9.17) is 17.3 Å². The minimum Gasteiger partial charge on any atom is -0.477 e. The van der Waals surface area contributed by atoms with E-state index in [0.717, 1.165) is 5.56 Å². The van der Waals surface area contributed by atoms with Crippen LogP contribution in [0.5, 0.6) is 0 Å². The molecule has 2 heterocycles. The van der Waals surface area contributed by atoms with Crippen molar-refractivity contribution in [2.24, 2.45) is 5.73 Å². The molecule has 1 amide bonds. The van der Waals surface area contributed by atoms with Crippen LogP contribution in [0, 0.1) is 19.7 Å². The molecule has 0 aliphatic heterocycles. The molecule has 0 bridgehead atoms. The number of benzene rings is 2. The fraction of sp³-hybridized carbons (Fsp3) is 0.143. The molecule has 4 aromatic rings. The highest BCUT2D eigenvalue weighted by molar-refractivity contribution is 6.31. The van der Waals surface area contributed by atoms with Crippen molar-refractivity contribution in [1.82, 2.24) is 9.97 Å². The highest BCUT2D eigenvalue weighted by Crippen LogP contribution is 2.40. The van der Waals surface area contributed by atoms with Gasteiger partial charge in [-0.2, -0.15) is 0 Å². The van der Waals surface area contributed by atoms with Crippen LogP contribution in [0.25, 0.3) is 21.8 Å². The third-order valence-corrected chi connectivity index (χ3v) is 5.46. The molecule has 2 aromatic heterocycles. The molecule has 29 heavy (non-hydrogen) atoms. The lowest BCUT2D eigenvalue weighted by molar-refractivity contribution is -0.118. The van der Waals surface area contributed by atoms with Gasteiger partial charge in [-0.25, -0.2) is 9.18 Å². The van der Waals surface area contributed by atoms with Gasteiger partial charge in [0, 0.05) is 32.6 Å². The number of hydrogen-bond acceptors (Lipinski definition) is 2. The van der Waals surface area contributed by atoms with Crippen LogP contribution in [0.15, 0.2) is 30.3 Å². The average Bonchev–Trinajstić information content (AvgIpc) is 3.18. The minimum atomic E-state index is -1.24. The number of aromatic amines is 2. The molecule has 0 spiro atoms. The lowest BCUT2D eigenvalue weighted by Gasteiger charge is -2.16. The first kappa shape index (κ1) is 19.0. The number of fused-ring (bicyclic) bond motifs is 2. The molecule has 1 atom stereocenters. The maximum absolute atomic E-state index is 14.4. The molecule has 0 radical (unpaired) electrons. The van der Waals surface area contributed by atoms with Crippen LogP contribution in [0.4, 0.5) is 4.39 Å². The number of carboxylic acids is 1. The molecular formula is C21H17ClFN3O3. The number of H-pyrrole nitrogens is 2. The fourth-order valence-electron chi connectivity index (χ4n) is 4.04. The summed E-state index contributed by atoms with van der Waals surface area (Å²) < 4.78 is 14.4. The number of carbonyl (C=O) groups is 2. The van der Waals surface area contributed by atoms with Crippen molar-refractivity contribution in [3.8, 4) is 0 Å². The molecule has 1 unspecified atom stereocenters. The molecule has 2 aromatic carbocycles. The normalized spacial score (nSPS) is 12.6. The highest BCUT2D eigenvalue weighted by Gasteiger charge is 2.33. The summed E-state index contributed by atoms with van der Waals surface area (Å²) in [6.45, 7) is 3.49. The predicted molar refractivity (Wildman–Crippen MR) is 109 cm³/mol. The summed E-state index contributed by atoms with van der Waals surface area (Å²) in [5.74, 6) is -3.58. The summed E-state index contributed by atoms with van der Waals surface area (Å²) in [7, 11) is 0. The smallest absolute Gasteiger partial charge is 0.352 e. The number of carbonyl (C=O) groups excluding carboxylic acids is 1. The van der Waals surface area contributed by atoms with E-state index in [2.05, 4.69) is 9.97 Å². The van der Waals surface area contributed by atoms with Crippen LogP contribution >= 0.6 is 11.6 Å². The van der Waals surface area contributed by atoms with Crippen molar-refractivity contribution in [3.05, 3.63) is 69.2 Å². The Balaban J connectivity index is 2.15. The molecule has 8 heteroatoms. The number of halogens is 2. The Morgan fingerprint density at radius 2 is 1.86 bits per heavy atom. The number of primary amides is 1. The Bertz CT molecular complexity index is 1320. The zero-order chi connectivity index (χ0) is 21.0. The van der Waals surface area contributed by atoms with Crippen molar-refractivity contribution < 1.29 is 19.1 Å². The van der Waals surface area contributed by atoms with Gasteiger partial charge in [-0.3, -0.25) is 4.79 Å². The van der Waals surface area contributed by atoms with Gasteiger partial charge in [-0.1, -0.05) is 17.7 Å². The van der Waals surface area contributed by atoms with Gasteiger partial charge in [0.05, 0.1) is 11.4 Å². The summed E-state index contributed by atoms with van der Waals surface area (Å²) in [4.78, 5) is 30.4. The lowest BCUT2D eigenvalue weighted by Crippen LogP contribution is -2.24. The number of aromatic carboxylic acids is 1. The van der Waals surface area contributed by atoms with Crippen molar-refractivity contribution in [2.75, 3.05) is 0 Å². The molecule has 0 saturated carbocycles. The van der Waals surface area contributed by atoms with Gasteiger partial charge >= 0.3 is 5.97 Å². The van der Waals surface area contributed by atoms with Crippen LogP contribution in [-0.4, -0.2) is 27.0 Å². The quantitative estimate of drug-likeness (QED) is 0.398. The fourth-order valence-corrected chi connectivity index (χ4v) is 4.21. The summed E-state index contributed by atoms with van der Waals surface area (Å²) in [6.07, 6.45) is 0. The van der Waals surface area contributed by atoms with E-state index in [0.29, 0.717) is 32.6 Å². The minimum absolute atomic E-state index is 0.158. The van der Waals surface area contributed by atoms with Crippen LogP contribution in [-0.2, 0) is 4.79 Å². The summed E-state index contributed by atoms with van der Waals surface area (Å²) >= 11 is 6.13. The van der Waals surface area contributed by atoms with E-state index >= 15 is 0 Å². The highest BCUT2D eigenvalue weighted by atomic mass is 35.5. The Morgan fingerprint density at radius 1 is 1.14 bits per heavy atom. The second-order valence-corrected chi connectivity index (χ2v) is 7.46. The van der Waals surface area contributed by atoms with E-state index in [-0.39, 0.29) is 16.8 Å². The van der Waals surface area contributed by atoms with E-state index < -0.39 is 23.6 Å². The van der Waals surface area contributed by atoms with Crippen molar-refractivity contribution in [1.29, 1.82) is 0 Å². The third kappa shape index (κ3) is 2.86. The second kappa shape index (κ2) is 6.63. The molecule has 0 fully saturated rings. The van der Waals surface area contributed by atoms with Gasteiger partial charge in [0.1, 0.15) is 11.5 Å². The largest absolute Gasteiger partial charge is 0.477 e. The monoisotopic (exact) mass is 413 g/mol. The van der Waals surface area contributed by atoms with E-state index in [1.165, 1.54) is 6.07 Å². The second-order valence-electron chi connectivity index (χ2n) is 7.02. The number of aryl methyl sites for hydroxylation is 2. The number of amides is 1. The van der Waals surface area contributed by atoms with Gasteiger partial charge in [0.2, 0.25) is 5.91 Å². The predicted octanol–water partition coefficient (Wildman–Crippen LogP) is 4.37. The summed E-state index contributed by atoms with van der Waals surface area (Å²) in [5, 5.41) is 11.1. The summed E-state index contributed by atoms with van der Waals surface area (Å²) in [5.41, 5.74) is 8.30. The maximum Gasteiger partial charge on any atom is 0.352 e. The standard InChI is InChI=1S/C21H17ClFN3O3/c1-8-3-5-12(23)18-14(8)15(9(2)25-18)17(20(24)27)16-11-7-10(22)4-6-13(11)26-19(16)21(28)29/h3-7,17,25-26H,1-2H3,(H2,24,27)(H,28,29). The molecule has 4 rings (SSSR count). The first-order chi connectivity index (χ1) is 13.7. The zero-order valence-electron chi connectivity index (χ0n) is 15.6. The van der Waals surface area contributed by atoms with E-state index in [9.17, 15) is 19.1 Å². The number of nitrogens with two attached hydrogens (primary N) is 1. The van der Waals surface area contributed by atoms with Crippen LogP contribution in [0.1, 0.15) is 38.8 Å². The van der Waals surface area contributed by atoms with Crippen molar-refractivity contribution in [3.63, 3.8) is 0 Å². The van der Waals surface area contributed by atoms with Crippen LogP contribution in [0.2, 0.25) is 5.02 Å². The van der Waals surface area contributed by atoms with Gasteiger partial charge < -0.3 is 20.8 Å². The van der Waals surface area contributed by atoms with Crippen LogP contribution in [0.3, 0.4) is 0 Å². The molecule has 5 N–H and O–H groups in total. The Hall–Kier alpha value is -3.32. The van der Waals surface area contributed by atoms with Crippen molar-refractivity contribution in [2.45, 2.75) is 19.8 Å². The number of rotatable bonds is 4. The Kier molecular flexibility index (Phi) is 4.35. The first-order valence-corrected chi connectivity index (χ1v) is 9.19. The van der Waals surface area contributed by atoms with Gasteiger partial charge in [0.25, 0.3) is 0 Å². The first-order valence-electron chi connectivity index (χ1n) is 8.81. The van der Waals surface area contributed by atoms with Gasteiger partial charge in [-0.05, 0) is 49.2 Å². The number of aromatic nitrogens is 2. The van der Waals surface area contributed by atoms with E-state index in [1.54, 1.807) is 38.1 Å². The number of carboxylic acid groups (broad SMARTS) is 1. The van der Waals surface area contributed by atoms with Crippen LogP contribution < -0.4 is 5.73 Å². The Labute approximate surface area is 169 Å². The third-order valence-electron chi connectivity index (χ3n) is 5.23. The molecule has 0 saturated heterocycles. The number of nitrogens with one attached hydrogen (secondary N) is 2. The Morgan fingerprint density at radius 3 is 2.52 bits per heavy atom. The molecule has 6 nitrogen and oxygen atoms in total. The van der Waals surface area contributed by atoms with Gasteiger partial charge in [-0.15, -0.1) is 0 Å².